The van der Waals surface area contributed by atoms with E-state index in [2.05, 4.69) is 52.0 Å². The molecule has 23 heavy (non-hydrogen) atoms. The van der Waals surface area contributed by atoms with Crippen molar-refractivity contribution < 1.29 is 4.74 Å². The van der Waals surface area contributed by atoms with Gasteiger partial charge in [0.1, 0.15) is 4.32 Å². The Morgan fingerprint density at radius 1 is 1.13 bits per heavy atom. The highest BCUT2D eigenvalue weighted by Crippen LogP contribution is 2.28. The second kappa shape index (κ2) is 8.44. The first-order valence-electron chi connectivity index (χ1n) is 8.25. The predicted molar refractivity (Wildman–Crippen MR) is 101 cm³/mol. The highest BCUT2D eigenvalue weighted by atomic mass is 32.2. The fourth-order valence-electron chi connectivity index (χ4n) is 2.98. The molecule has 0 aromatic heterocycles. The van der Waals surface area contributed by atoms with Crippen LogP contribution < -0.4 is 0 Å². The van der Waals surface area contributed by atoms with E-state index in [-0.39, 0.29) is 0 Å². The first kappa shape index (κ1) is 17.2. The molecule has 126 valence electrons. The second-order valence-corrected chi connectivity index (χ2v) is 7.66. The summed E-state index contributed by atoms with van der Waals surface area (Å²) >= 11 is 7.38. The van der Waals surface area contributed by atoms with Crippen LogP contribution in [0.4, 0.5) is 0 Å². The number of ether oxygens (including phenoxy) is 1. The Kier molecular flexibility index (Phi) is 6.30. The monoisotopic (exact) mass is 351 g/mol. The third-order valence-electron chi connectivity index (χ3n) is 4.54. The molecule has 0 N–H and O–H groups in total. The van der Waals surface area contributed by atoms with Gasteiger partial charge in [0.15, 0.2) is 0 Å². The van der Waals surface area contributed by atoms with E-state index in [0.29, 0.717) is 6.04 Å². The lowest BCUT2D eigenvalue weighted by Gasteiger charge is -2.41. The largest absolute Gasteiger partial charge is 0.379 e. The third-order valence-corrected chi connectivity index (χ3v) is 6.11. The van der Waals surface area contributed by atoms with Crippen LogP contribution in [0.25, 0.3) is 0 Å². The molecule has 0 spiro atoms. The van der Waals surface area contributed by atoms with Crippen LogP contribution in [0.5, 0.6) is 0 Å². The van der Waals surface area contributed by atoms with E-state index >= 15 is 0 Å². The summed E-state index contributed by atoms with van der Waals surface area (Å²) in [5.74, 6) is 1.00. The van der Waals surface area contributed by atoms with Gasteiger partial charge in [-0.3, -0.25) is 9.80 Å². The molecule has 1 unspecified atom stereocenters. The van der Waals surface area contributed by atoms with Crippen molar-refractivity contribution in [3.8, 4) is 0 Å². The van der Waals surface area contributed by atoms with E-state index in [4.69, 9.17) is 17.0 Å². The molecule has 0 saturated carbocycles. The quantitative estimate of drug-likeness (QED) is 0.754. The van der Waals surface area contributed by atoms with Crippen LogP contribution in [0.2, 0.25) is 0 Å². The summed E-state index contributed by atoms with van der Waals surface area (Å²) in [6, 6.07) is 11.0. The fourth-order valence-corrected chi connectivity index (χ4v) is 4.24. The molecule has 1 aromatic carbocycles. The Bertz CT molecular complexity index is 508. The van der Waals surface area contributed by atoms with Gasteiger partial charge in [0, 0.05) is 26.2 Å². The highest BCUT2D eigenvalue weighted by molar-refractivity contribution is 8.22. The number of hydrogen-bond donors (Lipinski definition) is 0. The van der Waals surface area contributed by atoms with E-state index < -0.39 is 0 Å². The summed E-state index contributed by atoms with van der Waals surface area (Å²) in [6.07, 6.45) is 0. The molecule has 0 aliphatic carbocycles. The number of nitrogens with zero attached hydrogens (tertiary/aromatic N) is 3. The van der Waals surface area contributed by atoms with Gasteiger partial charge in [-0.1, -0.05) is 54.3 Å². The molecule has 2 saturated heterocycles. The molecular formula is C17H25N3OS2. The van der Waals surface area contributed by atoms with Gasteiger partial charge in [-0.2, -0.15) is 0 Å². The molecule has 4 nitrogen and oxygen atoms in total. The van der Waals surface area contributed by atoms with Crippen molar-refractivity contribution in [1.29, 1.82) is 0 Å². The average Bonchev–Trinajstić information content (AvgIpc) is 2.62. The van der Waals surface area contributed by atoms with Crippen molar-refractivity contribution in [2.45, 2.75) is 13.0 Å². The molecular weight excluding hydrogens is 326 g/mol. The Morgan fingerprint density at radius 2 is 1.83 bits per heavy atom. The maximum absolute atomic E-state index is 5.60. The first-order chi connectivity index (χ1) is 11.2. The van der Waals surface area contributed by atoms with Gasteiger partial charge >= 0.3 is 0 Å². The Balaban J connectivity index is 1.55. The number of rotatable bonds is 5. The summed E-state index contributed by atoms with van der Waals surface area (Å²) in [5, 5.41) is 0. The summed E-state index contributed by atoms with van der Waals surface area (Å²) in [7, 11) is 0. The van der Waals surface area contributed by atoms with E-state index in [0.717, 1.165) is 56.3 Å². The number of thiocarbonyl (C=S) groups is 1. The molecule has 2 aliphatic heterocycles. The molecule has 6 heteroatoms. The summed E-state index contributed by atoms with van der Waals surface area (Å²) < 4.78 is 6.44. The van der Waals surface area contributed by atoms with Crippen LogP contribution in [0.3, 0.4) is 0 Å². The van der Waals surface area contributed by atoms with Crippen LogP contribution in [-0.4, -0.2) is 71.0 Å². The summed E-state index contributed by atoms with van der Waals surface area (Å²) in [5.41, 5.74) is 1.32. The average molecular weight is 352 g/mol. The van der Waals surface area contributed by atoms with Crippen molar-refractivity contribution >= 4 is 28.3 Å². The number of morpholine rings is 1. The van der Waals surface area contributed by atoms with Crippen molar-refractivity contribution in [2.75, 3.05) is 51.9 Å². The van der Waals surface area contributed by atoms with Crippen LogP contribution in [0, 0.1) is 0 Å². The molecule has 1 atom stereocenters. The van der Waals surface area contributed by atoms with Crippen molar-refractivity contribution in [2.24, 2.45) is 0 Å². The van der Waals surface area contributed by atoms with Crippen LogP contribution in [0.15, 0.2) is 30.3 Å². The standard InChI is InChI=1S/C17H25N3OS2/c1-15(16-5-3-2-4-6-16)20-13-19(14-23-17(20)22)8-7-18-9-11-21-12-10-18/h2-6,15H,7-14H2,1H3. The minimum absolute atomic E-state index is 0.322. The van der Waals surface area contributed by atoms with E-state index in [1.165, 1.54) is 5.56 Å². The zero-order valence-electron chi connectivity index (χ0n) is 13.7. The Labute approximate surface area is 148 Å². The van der Waals surface area contributed by atoms with Gasteiger partial charge in [-0.05, 0) is 12.5 Å². The van der Waals surface area contributed by atoms with Gasteiger partial charge < -0.3 is 9.64 Å². The van der Waals surface area contributed by atoms with Gasteiger partial charge in [0.05, 0.1) is 31.8 Å². The maximum atomic E-state index is 5.60. The van der Waals surface area contributed by atoms with Crippen molar-refractivity contribution in [3.05, 3.63) is 35.9 Å². The van der Waals surface area contributed by atoms with Crippen LogP contribution in [0.1, 0.15) is 18.5 Å². The predicted octanol–water partition coefficient (Wildman–Crippen LogP) is 2.63. The number of benzene rings is 1. The Morgan fingerprint density at radius 3 is 2.57 bits per heavy atom. The molecule has 2 heterocycles. The maximum Gasteiger partial charge on any atom is 0.139 e. The minimum Gasteiger partial charge on any atom is -0.379 e. The SMILES string of the molecule is CC(c1ccccc1)N1CN(CCN2CCOCC2)CSC1=S. The van der Waals surface area contributed by atoms with E-state index in [1.54, 1.807) is 11.8 Å². The molecule has 2 aliphatic rings. The van der Waals surface area contributed by atoms with Gasteiger partial charge in [0.2, 0.25) is 0 Å². The molecule has 1 aromatic rings. The highest BCUT2D eigenvalue weighted by Gasteiger charge is 2.26. The minimum atomic E-state index is 0.322. The molecule has 3 rings (SSSR count). The van der Waals surface area contributed by atoms with Crippen molar-refractivity contribution in [3.63, 3.8) is 0 Å². The van der Waals surface area contributed by atoms with E-state index in [9.17, 15) is 0 Å². The molecule has 0 amide bonds. The molecule has 2 fully saturated rings. The van der Waals surface area contributed by atoms with Crippen molar-refractivity contribution in [1.82, 2.24) is 14.7 Å². The zero-order chi connectivity index (χ0) is 16.1. The molecule has 0 radical (unpaired) electrons. The van der Waals surface area contributed by atoms with Gasteiger partial charge in [-0.15, -0.1) is 0 Å². The topological polar surface area (TPSA) is 19.0 Å². The first-order valence-corrected chi connectivity index (χ1v) is 9.64. The Hall–Kier alpha value is -0.660. The smallest absolute Gasteiger partial charge is 0.139 e. The normalized spacial score (nSPS) is 22.3. The molecule has 0 bridgehead atoms. The lowest BCUT2D eigenvalue weighted by Crippen LogP contribution is -2.49. The van der Waals surface area contributed by atoms with E-state index in [1.807, 2.05) is 0 Å². The zero-order valence-corrected chi connectivity index (χ0v) is 15.3. The van der Waals surface area contributed by atoms with Gasteiger partial charge in [0.25, 0.3) is 0 Å². The summed E-state index contributed by atoms with van der Waals surface area (Å²) in [6.45, 7) is 9.23. The van der Waals surface area contributed by atoms with Crippen LogP contribution in [-0.2, 0) is 4.74 Å². The number of thioether (sulfide) groups is 1. The lowest BCUT2D eigenvalue weighted by atomic mass is 10.1. The number of hydrogen-bond acceptors (Lipinski definition) is 5. The van der Waals surface area contributed by atoms with Gasteiger partial charge in [-0.25, -0.2) is 0 Å². The second-order valence-electron chi connectivity index (χ2n) is 6.09. The fraction of sp³-hybridized carbons (Fsp3) is 0.588. The third kappa shape index (κ3) is 4.67. The van der Waals surface area contributed by atoms with Crippen LogP contribution >= 0.6 is 24.0 Å². The summed E-state index contributed by atoms with van der Waals surface area (Å²) in [4.78, 5) is 7.33. The lowest BCUT2D eigenvalue weighted by molar-refractivity contribution is 0.0320.